The topological polar surface area (TPSA) is 86.7 Å². The van der Waals surface area contributed by atoms with Gasteiger partial charge in [-0.15, -0.1) is 0 Å². The maximum Gasteiger partial charge on any atom is 0.306 e. The Morgan fingerprint density at radius 2 is 1.86 bits per heavy atom. The van der Waals surface area contributed by atoms with Crippen molar-refractivity contribution in [2.24, 2.45) is 28.1 Å². The lowest BCUT2D eigenvalue weighted by molar-refractivity contribution is -0.255. The predicted molar refractivity (Wildman–Crippen MR) is 97.0 cm³/mol. The van der Waals surface area contributed by atoms with E-state index in [1.54, 1.807) is 0 Å². The number of ketones is 2. The Hall–Kier alpha value is -1.72. The van der Waals surface area contributed by atoms with Gasteiger partial charge in [0.1, 0.15) is 23.8 Å². The van der Waals surface area contributed by atoms with Gasteiger partial charge in [0.2, 0.25) is 0 Å². The maximum atomic E-state index is 13.1. The molecular weight excluding hydrogens is 360 g/mol. The number of ether oxygens (including phenoxy) is 2. The fourth-order valence-electron chi connectivity index (χ4n) is 8.02. The van der Waals surface area contributed by atoms with Crippen LogP contribution in [0.1, 0.15) is 71.6 Å². The molecule has 0 aromatic heterocycles. The van der Waals surface area contributed by atoms with E-state index in [0.717, 1.165) is 25.7 Å². The molecular formula is C22H28O6. The molecule has 1 spiro atoms. The zero-order chi connectivity index (χ0) is 19.9. The summed E-state index contributed by atoms with van der Waals surface area (Å²) in [5.41, 5.74) is -1.52. The van der Waals surface area contributed by atoms with Crippen molar-refractivity contribution in [3.63, 3.8) is 0 Å². The standard InChI is InChI=1S/C22H28O6/c1-12(23)27-14-5-7-20(2)13(9-14)10-18-22-11-17(25)21(22,8-6-19(26)28-18)16(24)4-3-15(20)22/h13-15,18H,3-11H2,1-2H3. The molecule has 1 aliphatic heterocycles. The SMILES string of the molecule is CC(=O)OC1CCC2(C)C(C1)CC1OC(=O)CCC34C(=O)CCC2C13CC4=O. The van der Waals surface area contributed by atoms with E-state index in [1.165, 1.54) is 6.92 Å². The second kappa shape index (κ2) is 5.67. The largest absolute Gasteiger partial charge is 0.463 e. The van der Waals surface area contributed by atoms with Crippen molar-refractivity contribution in [1.82, 2.24) is 0 Å². The van der Waals surface area contributed by atoms with Crippen LogP contribution in [0.4, 0.5) is 0 Å². The number of esters is 2. The van der Waals surface area contributed by atoms with Gasteiger partial charge in [-0.2, -0.15) is 0 Å². The van der Waals surface area contributed by atoms with Crippen LogP contribution in [0.3, 0.4) is 0 Å². The molecule has 0 bridgehead atoms. The summed E-state index contributed by atoms with van der Waals surface area (Å²) in [5, 5.41) is 0. The molecule has 0 amide bonds. The molecule has 0 N–H and O–H groups in total. The first-order valence-electron chi connectivity index (χ1n) is 10.7. The molecule has 28 heavy (non-hydrogen) atoms. The van der Waals surface area contributed by atoms with Gasteiger partial charge in [-0.1, -0.05) is 6.92 Å². The van der Waals surface area contributed by atoms with Crippen LogP contribution >= 0.6 is 0 Å². The lowest BCUT2D eigenvalue weighted by Gasteiger charge is -2.71. The molecule has 4 saturated carbocycles. The van der Waals surface area contributed by atoms with Crippen LogP contribution in [0.2, 0.25) is 0 Å². The Morgan fingerprint density at radius 3 is 2.57 bits per heavy atom. The van der Waals surface area contributed by atoms with Crippen molar-refractivity contribution in [1.29, 1.82) is 0 Å². The average Bonchev–Trinajstić information content (AvgIpc) is 2.71. The van der Waals surface area contributed by atoms with E-state index in [9.17, 15) is 19.2 Å². The van der Waals surface area contributed by atoms with E-state index >= 15 is 0 Å². The van der Waals surface area contributed by atoms with E-state index in [0.29, 0.717) is 25.7 Å². The molecule has 4 aliphatic carbocycles. The van der Waals surface area contributed by atoms with Crippen molar-refractivity contribution in [3.8, 4) is 0 Å². The minimum absolute atomic E-state index is 0.0173. The summed E-state index contributed by atoms with van der Waals surface area (Å²) in [5.74, 6) is -0.00819. The molecule has 1 heterocycles. The molecule has 7 unspecified atom stereocenters. The normalized spacial score (nSPS) is 49.6. The van der Waals surface area contributed by atoms with Crippen molar-refractivity contribution in [3.05, 3.63) is 0 Å². The summed E-state index contributed by atoms with van der Waals surface area (Å²) in [6, 6.07) is 0. The van der Waals surface area contributed by atoms with Gasteiger partial charge in [-0.25, -0.2) is 0 Å². The highest BCUT2D eigenvalue weighted by Crippen LogP contribution is 2.76. The van der Waals surface area contributed by atoms with Gasteiger partial charge in [0.25, 0.3) is 0 Å². The van der Waals surface area contributed by atoms with Crippen molar-refractivity contribution >= 4 is 23.5 Å². The highest BCUT2D eigenvalue weighted by Gasteiger charge is 2.81. The fourth-order valence-corrected chi connectivity index (χ4v) is 8.02. The number of fused-ring (bicyclic) bond motifs is 2. The Kier molecular flexibility index (Phi) is 3.71. The summed E-state index contributed by atoms with van der Waals surface area (Å²) in [6.45, 7) is 3.74. The van der Waals surface area contributed by atoms with Gasteiger partial charge in [0.15, 0.2) is 0 Å². The van der Waals surface area contributed by atoms with Gasteiger partial charge in [0.05, 0.1) is 5.41 Å². The Bertz CT molecular complexity index is 788. The van der Waals surface area contributed by atoms with E-state index < -0.39 is 10.8 Å². The maximum absolute atomic E-state index is 13.1. The van der Waals surface area contributed by atoms with Crippen LogP contribution in [0.5, 0.6) is 0 Å². The number of hydrogen-bond donors (Lipinski definition) is 0. The molecule has 6 heteroatoms. The Labute approximate surface area is 164 Å². The van der Waals surface area contributed by atoms with Crippen LogP contribution in [-0.4, -0.2) is 35.7 Å². The highest BCUT2D eigenvalue weighted by atomic mass is 16.5. The zero-order valence-electron chi connectivity index (χ0n) is 16.6. The fraction of sp³-hybridized carbons (Fsp3) is 0.818. The highest BCUT2D eigenvalue weighted by molar-refractivity contribution is 6.14. The lowest BCUT2D eigenvalue weighted by atomic mass is 9.30. The third-order valence-corrected chi connectivity index (χ3v) is 9.15. The molecule has 5 aliphatic rings. The van der Waals surface area contributed by atoms with Crippen molar-refractivity contribution < 1.29 is 28.7 Å². The monoisotopic (exact) mass is 388 g/mol. The first kappa shape index (κ1) is 18.3. The molecule has 1 saturated heterocycles. The van der Waals surface area contributed by atoms with Crippen LogP contribution in [-0.2, 0) is 28.7 Å². The molecule has 6 nitrogen and oxygen atoms in total. The van der Waals surface area contributed by atoms with Crippen molar-refractivity contribution in [2.45, 2.75) is 83.8 Å². The minimum Gasteiger partial charge on any atom is -0.463 e. The Balaban J connectivity index is 1.58. The smallest absolute Gasteiger partial charge is 0.306 e. The van der Waals surface area contributed by atoms with Crippen LogP contribution < -0.4 is 0 Å². The van der Waals surface area contributed by atoms with Crippen LogP contribution in [0.15, 0.2) is 0 Å². The average molecular weight is 388 g/mol. The molecule has 0 radical (unpaired) electrons. The Morgan fingerprint density at radius 1 is 1.07 bits per heavy atom. The third kappa shape index (κ3) is 1.99. The van der Waals surface area contributed by atoms with Gasteiger partial charge in [-0.3, -0.25) is 19.2 Å². The van der Waals surface area contributed by atoms with Crippen molar-refractivity contribution in [2.75, 3.05) is 0 Å². The third-order valence-electron chi connectivity index (χ3n) is 9.15. The first-order valence-corrected chi connectivity index (χ1v) is 10.7. The summed E-state index contributed by atoms with van der Waals surface area (Å²) < 4.78 is 11.4. The quantitative estimate of drug-likeness (QED) is 0.507. The summed E-state index contributed by atoms with van der Waals surface area (Å²) in [4.78, 5) is 49.8. The van der Waals surface area contributed by atoms with E-state index in [2.05, 4.69) is 6.92 Å². The van der Waals surface area contributed by atoms with Gasteiger partial charge in [-0.05, 0) is 55.8 Å². The molecule has 152 valence electrons. The second-order valence-electron chi connectivity index (χ2n) is 9.98. The predicted octanol–water partition coefficient (Wildman–Crippen LogP) is 2.76. The second-order valence-corrected chi connectivity index (χ2v) is 9.98. The molecule has 0 aromatic rings. The minimum atomic E-state index is -0.993. The van der Waals surface area contributed by atoms with E-state index in [-0.39, 0.29) is 59.4 Å². The summed E-state index contributed by atoms with van der Waals surface area (Å²) in [6.07, 6.45) is 4.75. The zero-order valence-corrected chi connectivity index (χ0v) is 16.6. The van der Waals surface area contributed by atoms with Crippen LogP contribution in [0, 0.1) is 28.1 Å². The molecule has 5 rings (SSSR count). The number of rotatable bonds is 1. The number of Topliss-reactive ketones (excluding diaryl/α,β-unsaturated/α-hetero) is 2. The first-order chi connectivity index (χ1) is 13.2. The van der Waals surface area contributed by atoms with Gasteiger partial charge < -0.3 is 9.47 Å². The summed E-state index contributed by atoms with van der Waals surface area (Å²) >= 11 is 0. The molecule has 5 fully saturated rings. The van der Waals surface area contributed by atoms with E-state index in [1.807, 2.05) is 0 Å². The van der Waals surface area contributed by atoms with E-state index in [4.69, 9.17) is 9.47 Å². The number of hydrogen-bond acceptors (Lipinski definition) is 6. The number of carbonyl (C=O) groups excluding carboxylic acids is 4. The molecule has 0 aromatic carbocycles. The summed E-state index contributed by atoms with van der Waals surface area (Å²) in [7, 11) is 0. The van der Waals surface area contributed by atoms with Gasteiger partial charge >= 0.3 is 11.9 Å². The van der Waals surface area contributed by atoms with Crippen LogP contribution in [0.25, 0.3) is 0 Å². The van der Waals surface area contributed by atoms with Gasteiger partial charge in [0, 0.05) is 31.6 Å². The lowest BCUT2D eigenvalue weighted by Crippen LogP contribution is -2.76. The number of carbonyl (C=O) groups is 4. The molecule has 7 atom stereocenters.